The summed E-state index contributed by atoms with van der Waals surface area (Å²) >= 11 is 3.47. The molecule has 2 heterocycles. The monoisotopic (exact) mass is 295 g/mol. The normalized spacial score (nSPS) is 22.9. The zero-order valence-electron chi connectivity index (χ0n) is 9.98. The van der Waals surface area contributed by atoms with Gasteiger partial charge in [-0.2, -0.15) is 0 Å². The van der Waals surface area contributed by atoms with Crippen molar-refractivity contribution in [3.8, 4) is 0 Å². The minimum Gasteiger partial charge on any atom is -0.298 e. The summed E-state index contributed by atoms with van der Waals surface area (Å²) in [6.07, 6.45) is 6.66. The lowest BCUT2D eigenvalue weighted by Crippen LogP contribution is -2.46. The largest absolute Gasteiger partial charge is 0.298 e. The molecule has 0 unspecified atom stereocenters. The number of nitrogens with zero attached hydrogens (tertiary/aromatic N) is 3. The van der Waals surface area contributed by atoms with Gasteiger partial charge in [-0.3, -0.25) is 14.8 Å². The van der Waals surface area contributed by atoms with E-state index in [1.54, 1.807) is 0 Å². The molecule has 2 fully saturated rings. The molecule has 0 N–H and O–H groups in total. The van der Waals surface area contributed by atoms with Gasteiger partial charge in [0, 0.05) is 55.6 Å². The van der Waals surface area contributed by atoms with Gasteiger partial charge in [-0.25, -0.2) is 0 Å². The van der Waals surface area contributed by atoms with Crippen LogP contribution in [0.1, 0.15) is 18.4 Å². The van der Waals surface area contributed by atoms with E-state index >= 15 is 0 Å². The average molecular weight is 296 g/mol. The van der Waals surface area contributed by atoms with Gasteiger partial charge >= 0.3 is 0 Å². The van der Waals surface area contributed by atoms with Crippen LogP contribution in [0, 0.1) is 0 Å². The summed E-state index contributed by atoms with van der Waals surface area (Å²) in [6, 6.07) is 3.09. The zero-order valence-corrected chi connectivity index (χ0v) is 11.6. The van der Waals surface area contributed by atoms with Crippen LogP contribution in [0.4, 0.5) is 0 Å². The Balaban J connectivity index is 1.53. The van der Waals surface area contributed by atoms with Crippen LogP contribution in [0.25, 0.3) is 0 Å². The second-order valence-electron chi connectivity index (χ2n) is 5.05. The third kappa shape index (κ3) is 3.06. The highest BCUT2D eigenvalue weighted by Gasteiger charge is 2.30. The standard InChI is InChI=1S/C13H18BrN3/c14-12-7-11(8-15-9-12)10-16-3-5-17(6-4-16)13-1-2-13/h7-9,13H,1-6,10H2. The molecule has 0 spiro atoms. The van der Waals surface area contributed by atoms with Crippen LogP contribution in [-0.2, 0) is 6.54 Å². The SMILES string of the molecule is Brc1cncc(CN2CCN(C3CC3)CC2)c1. The Morgan fingerprint density at radius 1 is 1.18 bits per heavy atom. The average Bonchev–Trinajstić information content (AvgIpc) is 3.14. The fourth-order valence-electron chi connectivity index (χ4n) is 2.53. The molecule has 0 atom stereocenters. The molecule has 92 valence electrons. The van der Waals surface area contributed by atoms with Gasteiger partial charge in [0.2, 0.25) is 0 Å². The van der Waals surface area contributed by atoms with Gasteiger partial charge in [0.15, 0.2) is 0 Å². The van der Waals surface area contributed by atoms with Crippen LogP contribution in [0.5, 0.6) is 0 Å². The van der Waals surface area contributed by atoms with Crippen molar-refractivity contribution in [1.29, 1.82) is 0 Å². The van der Waals surface area contributed by atoms with Crippen LogP contribution in [-0.4, -0.2) is 47.0 Å². The van der Waals surface area contributed by atoms with Crippen LogP contribution in [0.2, 0.25) is 0 Å². The molecule has 1 aliphatic carbocycles. The van der Waals surface area contributed by atoms with Crippen molar-refractivity contribution in [3.63, 3.8) is 0 Å². The van der Waals surface area contributed by atoms with Crippen molar-refractivity contribution in [2.75, 3.05) is 26.2 Å². The second-order valence-corrected chi connectivity index (χ2v) is 5.97. The van der Waals surface area contributed by atoms with Gasteiger partial charge < -0.3 is 0 Å². The van der Waals surface area contributed by atoms with E-state index in [9.17, 15) is 0 Å². The van der Waals surface area contributed by atoms with E-state index < -0.39 is 0 Å². The van der Waals surface area contributed by atoms with Crippen molar-refractivity contribution < 1.29 is 0 Å². The van der Waals surface area contributed by atoms with Crippen LogP contribution >= 0.6 is 15.9 Å². The van der Waals surface area contributed by atoms with E-state index in [2.05, 4.69) is 36.8 Å². The van der Waals surface area contributed by atoms with Crippen LogP contribution in [0.3, 0.4) is 0 Å². The van der Waals surface area contributed by atoms with Crippen LogP contribution < -0.4 is 0 Å². The maximum absolute atomic E-state index is 4.22. The van der Waals surface area contributed by atoms with E-state index in [0.29, 0.717) is 0 Å². The number of aromatic nitrogens is 1. The van der Waals surface area contributed by atoms with Crippen molar-refractivity contribution in [2.24, 2.45) is 0 Å². The van der Waals surface area contributed by atoms with Crippen molar-refractivity contribution in [3.05, 3.63) is 28.5 Å². The molecule has 17 heavy (non-hydrogen) atoms. The minimum absolute atomic E-state index is 0.921. The number of rotatable bonds is 3. The van der Waals surface area contributed by atoms with Gasteiger partial charge in [-0.15, -0.1) is 0 Å². The molecule has 3 nitrogen and oxygen atoms in total. The number of hydrogen-bond acceptors (Lipinski definition) is 3. The molecule has 1 saturated heterocycles. The lowest BCUT2D eigenvalue weighted by molar-refractivity contribution is 0.121. The quantitative estimate of drug-likeness (QED) is 0.852. The fraction of sp³-hybridized carbons (Fsp3) is 0.615. The molecule has 3 rings (SSSR count). The van der Waals surface area contributed by atoms with E-state index in [-0.39, 0.29) is 0 Å². The number of piperazine rings is 1. The summed E-state index contributed by atoms with van der Waals surface area (Å²) < 4.78 is 1.08. The van der Waals surface area contributed by atoms with Crippen molar-refractivity contribution >= 4 is 15.9 Å². The Bertz CT molecular complexity index is 384. The smallest absolute Gasteiger partial charge is 0.0410 e. The third-order valence-electron chi connectivity index (χ3n) is 3.64. The Kier molecular flexibility index (Phi) is 3.45. The molecular formula is C13H18BrN3. The maximum Gasteiger partial charge on any atom is 0.0410 e. The lowest BCUT2D eigenvalue weighted by atomic mass is 10.2. The summed E-state index contributed by atoms with van der Waals surface area (Å²) in [5, 5.41) is 0. The first-order valence-corrected chi connectivity index (χ1v) is 7.16. The number of pyridine rings is 1. The van der Waals surface area contributed by atoms with Gasteiger partial charge in [0.25, 0.3) is 0 Å². The van der Waals surface area contributed by atoms with Gasteiger partial charge in [0.1, 0.15) is 0 Å². The summed E-state index contributed by atoms with van der Waals surface area (Å²) in [5.74, 6) is 0. The Hall–Kier alpha value is -0.450. The molecule has 1 aromatic rings. The Morgan fingerprint density at radius 2 is 1.94 bits per heavy atom. The van der Waals surface area contributed by atoms with Gasteiger partial charge in [0.05, 0.1) is 0 Å². The van der Waals surface area contributed by atoms with Gasteiger partial charge in [-0.1, -0.05) is 0 Å². The zero-order chi connectivity index (χ0) is 11.7. The molecule has 0 radical (unpaired) electrons. The fourth-order valence-corrected chi connectivity index (χ4v) is 2.94. The number of halogens is 1. The van der Waals surface area contributed by atoms with E-state index in [0.717, 1.165) is 17.1 Å². The van der Waals surface area contributed by atoms with Gasteiger partial charge in [-0.05, 0) is 40.4 Å². The molecule has 1 aliphatic heterocycles. The predicted octanol–water partition coefficient (Wildman–Crippen LogP) is 2.12. The molecular weight excluding hydrogens is 278 g/mol. The molecule has 0 bridgehead atoms. The highest BCUT2D eigenvalue weighted by atomic mass is 79.9. The maximum atomic E-state index is 4.22. The van der Waals surface area contributed by atoms with E-state index in [1.807, 2.05) is 12.4 Å². The van der Waals surface area contributed by atoms with Crippen molar-refractivity contribution in [2.45, 2.75) is 25.4 Å². The molecule has 1 aromatic heterocycles. The highest BCUT2D eigenvalue weighted by Crippen LogP contribution is 2.27. The summed E-state index contributed by atoms with van der Waals surface area (Å²) in [7, 11) is 0. The minimum atomic E-state index is 0.921. The molecule has 2 aliphatic rings. The van der Waals surface area contributed by atoms with Crippen molar-refractivity contribution in [1.82, 2.24) is 14.8 Å². The summed E-state index contributed by atoms with van der Waals surface area (Å²) in [6.45, 7) is 5.91. The molecule has 0 amide bonds. The highest BCUT2D eigenvalue weighted by molar-refractivity contribution is 9.10. The Morgan fingerprint density at radius 3 is 2.59 bits per heavy atom. The first-order valence-electron chi connectivity index (χ1n) is 6.37. The molecule has 1 saturated carbocycles. The Labute approximate surface area is 111 Å². The first-order chi connectivity index (χ1) is 8.31. The summed E-state index contributed by atoms with van der Waals surface area (Å²) in [5.41, 5.74) is 1.30. The van der Waals surface area contributed by atoms with E-state index in [4.69, 9.17) is 0 Å². The number of hydrogen-bond donors (Lipinski definition) is 0. The lowest BCUT2D eigenvalue weighted by Gasteiger charge is -2.34. The molecule has 0 aromatic carbocycles. The summed E-state index contributed by atoms with van der Waals surface area (Å²) in [4.78, 5) is 9.40. The second kappa shape index (κ2) is 5.04. The predicted molar refractivity (Wildman–Crippen MR) is 71.8 cm³/mol. The third-order valence-corrected chi connectivity index (χ3v) is 4.07. The van der Waals surface area contributed by atoms with E-state index in [1.165, 1.54) is 44.6 Å². The molecule has 4 heteroatoms. The topological polar surface area (TPSA) is 19.4 Å². The first kappa shape index (κ1) is 11.6. The van der Waals surface area contributed by atoms with Crippen LogP contribution in [0.15, 0.2) is 22.9 Å².